The molecule has 0 aromatic heterocycles. The summed E-state index contributed by atoms with van der Waals surface area (Å²) in [5, 5.41) is 20.3. The summed E-state index contributed by atoms with van der Waals surface area (Å²) < 4.78 is 10.8. The predicted octanol–water partition coefficient (Wildman–Crippen LogP) is 5.15. The molecule has 0 spiro atoms. The van der Waals surface area contributed by atoms with E-state index < -0.39 is 34.6 Å². The molecule has 166 valence electrons. The molecule has 1 unspecified atom stereocenters. The number of carbonyl (C=O) groups is 2. The Balaban J connectivity index is 1.92. The lowest BCUT2D eigenvalue weighted by molar-refractivity contribution is -0.145. The minimum atomic E-state index is -1.41. The molecule has 1 aliphatic rings. The van der Waals surface area contributed by atoms with E-state index in [-0.39, 0.29) is 12.5 Å². The first kappa shape index (κ1) is 23.4. The lowest BCUT2D eigenvalue weighted by Crippen LogP contribution is -2.28. The number of hydrogen-bond donors (Lipinski definition) is 1. The van der Waals surface area contributed by atoms with Crippen LogP contribution in [0.4, 0.5) is 0 Å². The van der Waals surface area contributed by atoms with Gasteiger partial charge >= 0.3 is 11.9 Å². The highest BCUT2D eigenvalue weighted by molar-refractivity contribution is 6.18. The van der Waals surface area contributed by atoms with E-state index in [9.17, 15) is 20.0 Å². The van der Waals surface area contributed by atoms with E-state index in [1.807, 2.05) is 18.2 Å². The number of carbonyl (C=O) groups excluding carboxylic acids is 1. The van der Waals surface area contributed by atoms with Crippen LogP contribution in [0.5, 0.6) is 11.5 Å². The van der Waals surface area contributed by atoms with Gasteiger partial charge in [0.2, 0.25) is 0 Å². The Labute approximate surface area is 192 Å². The number of nitriles is 1. The van der Waals surface area contributed by atoms with Gasteiger partial charge in [0.1, 0.15) is 23.5 Å². The van der Waals surface area contributed by atoms with Crippen LogP contribution in [0.25, 0.3) is 0 Å². The molecule has 32 heavy (non-hydrogen) atoms. The Morgan fingerprint density at radius 2 is 1.88 bits per heavy atom. The second-order valence-corrected chi connectivity index (χ2v) is 8.52. The molecule has 0 amide bonds. The van der Waals surface area contributed by atoms with Gasteiger partial charge in [-0.3, -0.25) is 4.79 Å². The van der Waals surface area contributed by atoms with Crippen molar-refractivity contribution in [3.63, 3.8) is 0 Å². The normalized spacial score (nSPS) is 22.0. The van der Waals surface area contributed by atoms with Gasteiger partial charge in [-0.05, 0) is 35.2 Å². The number of hydrogen-bond acceptors (Lipinski definition) is 5. The van der Waals surface area contributed by atoms with E-state index >= 15 is 0 Å². The average molecular weight is 454 g/mol. The molecule has 0 bridgehead atoms. The van der Waals surface area contributed by atoms with Gasteiger partial charge in [-0.1, -0.05) is 50.3 Å². The standard InChI is InChI=1S/C25H24ClNO5/c1-24(2)21(11-12-22(28)31-14-13-26)25(24,23(29)30)20(16-27)17-7-6-10-19(15-17)32-18-8-4-3-5-9-18/h3-12,15,20-21H,13-14H2,1-2H3,(H,29,30)/t20?,21-,25+/m0/s1. The molecular weight excluding hydrogens is 430 g/mol. The number of halogens is 1. The molecule has 1 aliphatic carbocycles. The van der Waals surface area contributed by atoms with Gasteiger partial charge in [0, 0.05) is 12.0 Å². The lowest BCUT2D eigenvalue weighted by atomic mass is 9.78. The number of allylic oxidation sites excluding steroid dienone is 1. The second kappa shape index (κ2) is 9.46. The Morgan fingerprint density at radius 1 is 1.19 bits per heavy atom. The SMILES string of the molecule is CC1(C)[C@H](C=CC(=O)OCCCl)[C@@]1(C(=O)O)C(C#N)c1cccc(Oc2ccccc2)c1. The minimum Gasteiger partial charge on any atom is -0.481 e. The van der Waals surface area contributed by atoms with Crippen molar-refractivity contribution in [2.45, 2.75) is 19.8 Å². The quantitative estimate of drug-likeness (QED) is 0.320. The average Bonchev–Trinajstić information content (AvgIpc) is 3.27. The fraction of sp³-hybridized carbons (Fsp3) is 0.320. The molecular formula is C25H24ClNO5. The van der Waals surface area contributed by atoms with Crippen LogP contribution in [0.3, 0.4) is 0 Å². The third-order valence-electron chi connectivity index (χ3n) is 6.11. The largest absolute Gasteiger partial charge is 0.481 e. The lowest BCUT2D eigenvalue weighted by Gasteiger charge is -2.22. The van der Waals surface area contributed by atoms with Crippen molar-refractivity contribution in [3.05, 3.63) is 72.3 Å². The fourth-order valence-corrected chi connectivity index (χ4v) is 4.57. The van der Waals surface area contributed by atoms with E-state index in [2.05, 4.69) is 6.07 Å². The Hall–Kier alpha value is -3.30. The van der Waals surface area contributed by atoms with Crippen LogP contribution in [0.1, 0.15) is 25.3 Å². The zero-order chi connectivity index (χ0) is 23.4. The molecule has 1 fully saturated rings. The number of carboxylic acids is 1. The van der Waals surface area contributed by atoms with Crippen molar-refractivity contribution in [2.75, 3.05) is 12.5 Å². The van der Waals surface area contributed by atoms with E-state index in [0.29, 0.717) is 17.1 Å². The van der Waals surface area contributed by atoms with Gasteiger partial charge in [-0.2, -0.15) is 5.26 Å². The van der Waals surface area contributed by atoms with Gasteiger partial charge in [-0.15, -0.1) is 11.6 Å². The van der Waals surface area contributed by atoms with E-state index in [1.54, 1.807) is 50.2 Å². The van der Waals surface area contributed by atoms with E-state index in [4.69, 9.17) is 21.1 Å². The number of esters is 1. The number of ether oxygens (including phenoxy) is 2. The van der Waals surface area contributed by atoms with Gasteiger partial charge in [-0.25, -0.2) is 4.79 Å². The van der Waals surface area contributed by atoms with Crippen LogP contribution in [-0.4, -0.2) is 29.5 Å². The molecule has 6 nitrogen and oxygen atoms in total. The molecule has 3 atom stereocenters. The van der Waals surface area contributed by atoms with Crippen LogP contribution in [0, 0.1) is 28.1 Å². The van der Waals surface area contributed by atoms with Gasteiger partial charge in [0.15, 0.2) is 0 Å². The van der Waals surface area contributed by atoms with E-state index in [1.165, 1.54) is 12.2 Å². The monoisotopic (exact) mass is 453 g/mol. The number of alkyl halides is 1. The molecule has 1 saturated carbocycles. The minimum absolute atomic E-state index is 0.0674. The first-order valence-corrected chi connectivity index (χ1v) is 10.7. The van der Waals surface area contributed by atoms with Crippen molar-refractivity contribution < 1.29 is 24.2 Å². The van der Waals surface area contributed by atoms with Gasteiger partial charge in [0.05, 0.1) is 17.9 Å². The number of aliphatic carboxylic acids is 1. The first-order chi connectivity index (χ1) is 15.3. The van der Waals surface area contributed by atoms with Crippen LogP contribution in [-0.2, 0) is 14.3 Å². The highest BCUT2D eigenvalue weighted by atomic mass is 35.5. The zero-order valence-electron chi connectivity index (χ0n) is 17.8. The Bertz CT molecular complexity index is 1060. The number of carboxylic acid groups (broad SMARTS) is 1. The third-order valence-corrected chi connectivity index (χ3v) is 6.26. The smallest absolute Gasteiger partial charge is 0.330 e. The third kappa shape index (κ3) is 4.21. The summed E-state index contributed by atoms with van der Waals surface area (Å²) in [4.78, 5) is 24.4. The highest BCUT2D eigenvalue weighted by Crippen LogP contribution is 2.75. The molecule has 0 radical (unpaired) electrons. The summed E-state index contributed by atoms with van der Waals surface area (Å²) in [5.41, 5.74) is -1.63. The molecule has 2 aromatic carbocycles. The fourth-order valence-electron chi connectivity index (χ4n) is 4.50. The van der Waals surface area contributed by atoms with Crippen molar-refractivity contribution in [1.82, 2.24) is 0 Å². The maximum atomic E-state index is 12.5. The van der Waals surface area contributed by atoms with Crippen LogP contribution >= 0.6 is 11.6 Å². The number of para-hydroxylation sites is 1. The molecule has 0 saturated heterocycles. The topological polar surface area (TPSA) is 96.6 Å². The van der Waals surface area contributed by atoms with Crippen molar-refractivity contribution >= 4 is 23.5 Å². The summed E-state index contributed by atoms with van der Waals surface area (Å²) in [7, 11) is 0. The molecule has 0 aliphatic heterocycles. The van der Waals surface area contributed by atoms with E-state index in [0.717, 1.165) is 0 Å². The highest BCUT2D eigenvalue weighted by Gasteiger charge is 2.78. The summed E-state index contributed by atoms with van der Waals surface area (Å²) in [6.07, 6.45) is 2.74. The molecule has 1 N–H and O–H groups in total. The maximum Gasteiger partial charge on any atom is 0.330 e. The van der Waals surface area contributed by atoms with Crippen molar-refractivity contribution in [2.24, 2.45) is 16.7 Å². The van der Waals surface area contributed by atoms with Crippen molar-refractivity contribution in [1.29, 1.82) is 5.26 Å². The summed E-state index contributed by atoms with van der Waals surface area (Å²) in [6.45, 7) is 3.64. The molecule has 3 rings (SSSR count). The predicted molar refractivity (Wildman–Crippen MR) is 119 cm³/mol. The molecule has 7 heteroatoms. The zero-order valence-corrected chi connectivity index (χ0v) is 18.6. The van der Waals surface area contributed by atoms with Gasteiger partial charge < -0.3 is 14.6 Å². The number of nitrogens with zero attached hydrogens (tertiary/aromatic N) is 1. The van der Waals surface area contributed by atoms with Crippen LogP contribution in [0.15, 0.2) is 66.7 Å². The number of rotatable bonds is 9. The van der Waals surface area contributed by atoms with Gasteiger partial charge in [0.25, 0.3) is 0 Å². The number of benzene rings is 2. The molecule has 0 heterocycles. The van der Waals surface area contributed by atoms with Crippen LogP contribution in [0.2, 0.25) is 0 Å². The first-order valence-electron chi connectivity index (χ1n) is 10.2. The molecule has 2 aromatic rings. The summed E-state index contributed by atoms with van der Waals surface area (Å²) >= 11 is 5.52. The second-order valence-electron chi connectivity index (χ2n) is 8.14. The Kier molecular flexibility index (Phi) is 6.90. The van der Waals surface area contributed by atoms with Crippen LogP contribution < -0.4 is 4.74 Å². The summed E-state index contributed by atoms with van der Waals surface area (Å²) in [6, 6.07) is 18.3. The maximum absolute atomic E-state index is 12.5. The summed E-state index contributed by atoms with van der Waals surface area (Å²) in [5.74, 6) is -1.88. The Morgan fingerprint density at radius 3 is 2.50 bits per heavy atom. The van der Waals surface area contributed by atoms with Crippen molar-refractivity contribution in [3.8, 4) is 17.6 Å².